The second-order valence-corrected chi connectivity index (χ2v) is 5.82. The number of benzene rings is 1. The summed E-state index contributed by atoms with van der Waals surface area (Å²) in [5.74, 6) is 0.614. The van der Waals surface area contributed by atoms with Crippen LogP contribution in [0.4, 0.5) is 5.69 Å². The molecule has 108 valence electrons. The van der Waals surface area contributed by atoms with Gasteiger partial charge in [-0.15, -0.1) is 10.2 Å². The summed E-state index contributed by atoms with van der Waals surface area (Å²) in [6.45, 7) is 0.00213. The van der Waals surface area contributed by atoms with Crippen LogP contribution >= 0.6 is 0 Å². The van der Waals surface area contributed by atoms with Gasteiger partial charge in [-0.25, -0.2) is 13.1 Å². The smallest absolute Gasteiger partial charge is 0.215 e. The first-order chi connectivity index (χ1) is 9.55. The molecule has 9 nitrogen and oxygen atoms in total. The zero-order valence-corrected chi connectivity index (χ0v) is 11.3. The lowest BCUT2D eigenvalue weighted by Crippen LogP contribution is -2.29. The number of nitrogens with zero attached hydrogens (tertiary/aromatic N) is 3. The number of anilines is 1. The Balaban J connectivity index is 1.77. The summed E-state index contributed by atoms with van der Waals surface area (Å²) in [4.78, 5) is 0. The minimum Gasteiger partial charge on any atom is -0.492 e. The van der Waals surface area contributed by atoms with Crippen molar-refractivity contribution < 1.29 is 13.2 Å². The molecule has 1 aromatic heterocycles. The van der Waals surface area contributed by atoms with Crippen LogP contribution in [0.1, 0.15) is 5.82 Å². The van der Waals surface area contributed by atoms with E-state index in [4.69, 9.17) is 10.5 Å². The van der Waals surface area contributed by atoms with Crippen LogP contribution in [0.25, 0.3) is 0 Å². The van der Waals surface area contributed by atoms with Crippen molar-refractivity contribution in [3.63, 3.8) is 0 Å². The molecule has 0 amide bonds. The lowest BCUT2D eigenvalue weighted by atomic mass is 10.3. The van der Waals surface area contributed by atoms with E-state index in [1.54, 1.807) is 24.3 Å². The lowest BCUT2D eigenvalue weighted by Gasteiger charge is -2.07. The predicted molar refractivity (Wildman–Crippen MR) is 71.2 cm³/mol. The summed E-state index contributed by atoms with van der Waals surface area (Å²) < 4.78 is 31.0. The van der Waals surface area contributed by atoms with Crippen LogP contribution < -0.4 is 15.2 Å². The molecule has 0 aliphatic heterocycles. The number of rotatable bonds is 7. The quantitative estimate of drug-likeness (QED) is 0.574. The van der Waals surface area contributed by atoms with Crippen molar-refractivity contribution in [2.75, 3.05) is 18.1 Å². The van der Waals surface area contributed by atoms with Gasteiger partial charge >= 0.3 is 0 Å². The Morgan fingerprint density at radius 3 is 2.95 bits per heavy atom. The third kappa shape index (κ3) is 4.48. The van der Waals surface area contributed by atoms with Gasteiger partial charge in [0.25, 0.3) is 0 Å². The van der Waals surface area contributed by atoms with Crippen LogP contribution in [-0.2, 0) is 16.6 Å². The third-order valence-electron chi connectivity index (χ3n) is 2.32. The Morgan fingerprint density at radius 2 is 2.25 bits per heavy atom. The highest BCUT2D eigenvalue weighted by Gasteiger charge is 2.11. The number of hydrogen-bond donors (Lipinski definition) is 3. The third-order valence-corrected chi connectivity index (χ3v) is 3.61. The van der Waals surface area contributed by atoms with Crippen molar-refractivity contribution in [2.45, 2.75) is 6.54 Å². The Hall–Kier alpha value is -2.20. The van der Waals surface area contributed by atoms with E-state index in [1.807, 2.05) is 0 Å². The van der Waals surface area contributed by atoms with E-state index >= 15 is 0 Å². The van der Waals surface area contributed by atoms with Gasteiger partial charge in [0.05, 0.1) is 12.3 Å². The van der Waals surface area contributed by atoms with Crippen molar-refractivity contribution in [3.05, 3.63) is 30.1 Å². The molecule has 0 bridgehead atoms. The molecular formula is C10H14N6O3S. The predicted octanol–water partition coefficient (Wildman–Crippen LogP) is -0.720. The van der Waals surface area contributed by atoms with Crippen molar-refractivity contribution in [3.8, 4) is 5.75 Å². The highest BCUT2D eigenvalue weighted by Crippen LogP contribution is 2.14. The fourth-order valence-corrected chi connectivity index (χ4v) is 2.17. The second-order valence-electron chi connectivity index (χ2n) is 3.89. The van der Waals surface area contributed by atoms with Crippen molar-refractivity contribution in [2.24, 2.45) is 0 Å². The van der Waals surface area contributed by atoms with Gasteiger partial charge < -0.3 is 10.5 Å². The maximum atomic E-state index is 11.7. The van der Waals surface area contributed by atoms with E-state index in [9.17, 15) is 8.42 Å². The van der Waals surface area contributed by atoms with Crippen molar-refractivity contribution in [1.29, 1.82) is 0 Å². The maximum absolute atomic E-state index is 11.7. The van der Waals surface area contributed by atoms with Gasteiger partial charge in [-0.2, -0.15) is 5.21 Å². The summed E-state index contributed by atoms with van der Waals surface area (Å²) in [7, 11) is -3.47. The van der Waals surface area contributed by atoms with Gasteiger partial charge in [0.15, 0.2) is 5.82 Å². The normalized spacial score (nSPS) is 11.4. The van der Waals surface area contributed by atoms with Crippen molar-refractivity contribution in [1.82, 2.24) is 25.3 Å². The molecule has 0 saturated heterocycles. The van der Waals surface area contributed by atoms with Crippen LogP contribution in [0.3, 0.4) is 0 Å². The zero-order chi connectivity index (χ0) is 14.4. The van der Waals surface area contributed by atoms with Crippen LogP contribution in [0.5, 0.6) is 5.75 Å². The Labute approximate surface area is 115 Å². The number of aromatic amines is 1. The molecule has 0 aliphatic carbocycles. The monoisotopic (exact) mass is 298 g/mol. The number of nitrogens with one attached hydrogen (secondary N) is 2. The summed E-state index contributed by atoms with van der Waals surface area (Å²) >= 11 is 0. The highest BCUT2D eigenvalue weighted by molar-refractivity contribution is 7.89. The molecule has 0 radical (unpaired) electrons. The van der Waals surface area contributed by atoms with E-state index in [2.05, 4.69) is 25.3 Å². The topological polar surface area (TPSA) is 136 Å². The molecule has 0 saturated carbocycles. The first-order valence-electron chi connectivity index (χ1n) is 5.73. The fourth-order valence-electron chi connectivity index (χ4n) is 1.38. The SMILES string of the molecule is Nc1cccc(OCCS(=O)(=O)NCc2nn[nH]n2)c1. The Kier molecular flexibility index (Phi) is 4.48. The summed E-state index contributed by atoms with van der Waals surface area (Å²) in [5.41, 5.74) is 6.14. The molecule has 0 fully saturated rings. The Morgan fingerprint density at radius 1 is 1.40 bits per heavy atom. The van der Waals surface area contributed by atoms with Gasteiger partial charge in [0, 0.05) is 11.8 Å². The molecular weight excluding hydrogens is 284 g/mol. The molecule has 10 heteroatoms. The van der Waals surface area contributed by atoms with E-state index in [0.29, 0.717) is 11.4 Å². The highest BCUT2D eigenvalue weighted by atomic mass is 32.2. The van der Waals surface area contributed by atoms with Crippen LogP contribution in [0, 0.1) is 0 Å². The van der Waals surface area contributed by atoms with Gasteiger partial charge in [-0.05, 0) is 12.1 Å². The summed E-state index contributed by atoms with van der Waals surface area (Å²) in [6.07, 6.45) is 0. The van der Waals surface area contributed by atoms with E-state index in [0.717, 1.165) is 0 Å². The van der Waals surface area contributed by atoms with Crippen LogP contribution in [0.2, 0.25) is 0 Å². The number of nitrogens with two attached hydrogens (primary N) is 1. The second kappa shape index (κ2) is 6.30. The number of ether oxygens (including phenoxy) is 1. The molecule has 20 heavy (non-hydrogen) atoms. The molecule has 2 aromatic rings. The standard InChI is InChI=1S/C10H14N6O3S/c11-8-2-1-3-9(6-8)19-4-5-20(17,18)12-7-10-13-15-16-14-10/h1-3,6,12H,4-5,7,11H2,(H,13,14,15,16). The van der Waals surface area contributed by atoms with Gasteiger partial charge in [0.1, 0.15) is 12.4 Å². The van der Waals surface area contributed by atoms with Crippen molar-refractivity contribution >= 4 is 15.7 Å². The molecule has 1 aromatic carbocycles. The van der Waals surface area contributed by atoms with Gasteiger partial charge in [-0.1, -0.05) is 11.3 Å². The largest absolute Gasteiger partial charge is 0.492 e. The number of H-pyrrole nitrogens is 1. The van der Waals surface area contributed by atoms with Gasteiger partial charge in [-0.3, -0.25) is 0 Å². The van der Waals surface area contributed by atoms with E-state index < -0.39 is 10.0 Å². The minimum absolute atomic E-state index is 0.0167. The molecule has 0 unspecified atom stereocenters. The molecule has 4 N–H and O–H groups in total. The lowest BCUT2D eigenvalue weighted by molar-refractivity contribution is 0.340. The number of aromatic nitrogens is 4. The number of nitrogen functional groups attached to an aromatic ring is 1. The minimum atomic E-state index is -3.47. The average Bonchev–Trinajstić information content (AvgIpc) is 2.89. The zero-order valence-electron chi connectivity index (χ0n) is 10.5. The van der Waals surface area contributed by atoms with Gasteiger partial charge in [0.2, 0.25) is 10.0 Å². The van der Waals surface area contributed by atoms with Crippen LogP contribution in [-0.4, -0.2) is 41.4 Å². The fraction of sp³-hybridized carbons (Fsp3) is 0.300. The number of hydrogen-bond acceptors (Lipinski definition) is 7. The number of tetrazole rings is 1. The molecule has 0 aliphatic rings. The van der Waals surface area contributed by atoms with E-state index in [-0.39, 0.29) is 24.7 Å². The maximum Gasteiger partial charge on any atom is 0.215 e. The van der Waals surface area contributed by atoms with Crippen LogP contribution in [0.15, 0.2) is 24.3 Å². The molecule has 0 atom stereocenters. The molecule has 1 heterocycles. The Bertz CT molecular complexity index is 643. The van der Waals surface area contributed by atoms with E-state index in [1.165, 1.54) is 0 Å². The molecule has 0 spiro atoms. The summed E-state index contributed by atoms with van der Waals surface area (Å²) in [5, 5.41) is 12.8. The molecule has 2 rings (SSSR count). The number of sulfonamides is 1. The summed E-state index contributed by atoms with van der Waals surface area (Å²) in [6, 6.07) is 6.78. The first-order valence-corrected chi connectivity index (χ1v) is 7.38. The average molecular weight is 298 g/mol. The first kappa shape index (κ1) is 14.2.